The first kappa shape index (κ1) is 13.1. The quantitative estimate of drug-likeness (QED) is 0.907. The van der Waals surface area contributed by atoms with Crippen LogP contribution < -0.4 is 10.2 Å². The molecule has 1 unspecified atom stereocenters. The number of aromatic nitrogens is 1. The molecule has 0 amide bonds. The number of pyridine rings is 1. The van der Waals surface area contributed by atoms with Crippen molar-refractivity contribution >= 4 is 5.69 Å². The van der Waals surface area contributed by atoms with Gasteiger partial charge in [0.25, 0.3) is 0 Å². The Bertz CT molecular complexity index is 594. The molecule has 2 aromatic rings. The molecule has 0 saturated heterocycles. The minimum atomic E-state index is 0.478. The fraction of sp³-hybridized carbons (Fsp3) is 0.353. The van der Waals surface area contributed by atoms with Gasteiger partial charge in [0.05, 0.1) is 12.2 Å². The third kappa shape index (κ3) is 2.68. The van der Waals surface area contributed by atoms with Gasteiger partial charge in [-0.2, -0.15) is 0 Å². The van der Waals surface area contributed by atoms with Gasteiger partial charge in [-0.3, -0.25) is 4.98 Å². The molecule has 0 saturated carbocycles. The zero-order valence-corrected chi connectivity index (χ0v) is 12.1. The van der Waals surface area contributed by atoms with E-state index in [0.29, 0.717) is 6.04 Å². The summed E-state index contributed by atoms with van der Waals surface area (Å²) in [6.07, 6.45) is 1.88. The van der Waals surface area contributed by atoms with E-state index in [4.69, 9.17) is 0 Å². The van der Waals surface area contributed by atoms with Crippen LogP contribution in [0.2, 0.25) is 0 Å². The Morgan fingerprint density at radius 2 is 2.10 bits per heavy atom. The number of aryl methyl sites for hydroxylation is 1. The van der Waals surface area contributed by atoms with Crippen molar-refractivity contribution < 1.29 is 0 Å². The summed E-state index contributed by atoms with van der Waals surface area (Å²) in [4.78, 5) is 6.98. The molecule has 20 heavy (non-hydrogen) atoms. The molecule has 0 fully saturated rings. The molecular weight excluding hydrogens is 246 g/mol. The number of fused-ring (bicyclic) bond motifs is 1. The van der Waals surface area contributed by atoms with Gasteiger partial charge in [0, 0.05) is 31.0 Å². The fourth-order valence-corrected chi connectivity index (χ4v) is 2.76. The van der Waals surface area contributed by atoms with Gasteiger partial charge >= 0.3 is 0 Å². The van der Waals surface area contributed by atoms with Gasteiger partial charge < -0.3 is 10.2 Å². The highest BCUT2D eigenvalue weighted by atomic mass is 15.2. The molecule has 104 valence electrons. The van der Waals surface area contributed by atoms with Crippen LogP contribution in [0.5, 0.6) is 0 Å². The number of benzene rings is 1. The maximum absolute atomic E-state index is 4.54. The lowest BCUT2D eigenvalue weighted by molar-refractivity contribution is 0.551. The van der Waals surface area contributed by atoms with Gasteiger partial charge in [-0.25, -0.2) is 0 Å². The number of hydrogen-bond donors (Lipinski definition) is 1. The van der Waals surface area contributed by atoms with E-state index < -0.39 is 0 Å². The lowest BCUT2D eigenvalue weighted by Gasteiger charge is -2.26. The molecule has 1 aliphatic rings. The lowest BCUT2D eigenvalue weighted by atomic mass is 10.1. The van der Waals surface area contributed by atoms with Gasteiger partial charge in [-0.1, -0.05) is 24.3 Å². The summed E-state index contributed by atoms with van der Waals surface area (Å²) in [5, 5.41) is 3.57. The van der Waals surface area contributed by atoms with Crippen molar-refractivity contribution in [3.63, 3.8) is 0 Å². The van der Waals surface area contributed by atoms with E-state index in [2.05, 4.69) is 59.4 Å². The molecule has 1 aliphatic heterocycles. The third-order valence-corrected chi connectivity index (χ3v) is 3.93. The first-order valence-electron chi connectivity index (χ1n) is 7.21. The Balaban J connectivity index is 1.93. The molecule has 1 aromatic carbocycles. The van der Waals surface area contributed by atoms with E-state index in [-0.39, 0.29) is 0 Å². The number of para-hydroxylation sites is 1. The Labute approximate surface area is 120 Å². The fourth-order valence-electron chi connectivity index (χ4n) is 2.76. The minimum absolute atomic E-state index is 0.478. The Hall–Kier alpha value is -1.87. The second-order valence-electron chi connectivity index (χ2n) is 5.56. The van der Waals surface area contributed by atoms with Crippen LogP contribution in [0, 0.1) is 6.92 Å². The molecule has 0 aliphatic carbocycles. The summed E-state index contributed by atoms with van der Waals surface area (Å²) in [6, 6.07) is 13.3. The van der Waals surface area contributed by atoms with Gasteiger partial charge in [0.2, 0.25) is 0 Å². The van der Waals surface area contributed by atoms with E-state index in [1.165, 1.54) is 16.8 Å². The van der Waals surface area contributed by atoms with Crippen LogP contribution in [0.25, 0.3) is 0 Å². The highest BCUT2D eigenvalue weighted by Crippen LogP contribution is 2.25. The van der Waals surface area contributed by atoms with Crippen LogP contribution in [0.3, 0.4) is 0 Å². The zero-order valence-electron chi connectivity index (χ0n) is 12.1. The van der Waals surface area contributed by atoms with Crippen LogP contribution in [-0.4, -0.2) is 17.6 Å². The Morgan fingerprint density at radius 1 is 1.25 bits per heavy atom. The van der Waals surface area contributed by atoms with E-state index in [0.717, 1.165) is 25.3 Å². The third-order valence-electron chi connectivity index (χ3n) is 3.93. The average Bonchev–Trinajstić information content (AvgIpc) is 2.62. The first-order valence-corrected chi connectivity index (χ1v) is 7.21. The Morgan fingerprint density at radius 3 is 2.95 bits per heavy atom. The molecule has 3 rings (SSSR count). The number of nitrogens with one attached hydrogen (secondary N) is 1. The standard InChI is InChI=1S/C17H21N3/c1-13-6-5-9-18-16(13)12-20-11-14(2)19-10-15-7-3-4-8-17(15)20/h3-9,14,19H,10-12H2,1-2H3. The molecule has 1 N–H and O–H groups in total. The molecule has 1 aromatic heterocycles. The highest BCUT2D eigenvalue weighted by Gasteiger charge is 2.19. The van der Waals surface area contributed by atoms with Crippen molar-refractivity contribution in [1.29, 1.82) is 0 Å². The maximum atomic E-state index is 4.54. The molecule has 0 bridgehead atoms. The summed E-state index contributed by atoms with van der Waals surface area (Å²) >= 11 is 0. The molecule has 0 spiro atoms. The van der Waals surface area contributed by atoms with Crippen LogP contribution in [0.4, 0.5) is 5.69 Å². The number of hydrogen-bond acceptors (Lipinski definition) is 3. The second kappa shape index (κ2) is 5.63. The smallest absolute Gasteiger partial charge is 0.0626 e. The molecule has 2 heterocycles. The average molecular weight is 267 g/mol. The van der Waals surface area contributed by atoms with Crippen molar-refractivity contribution in [3.05, 3.63) is 59.4 Å². The summed E-state index contributed by atoms with van der Waals surface area (Å²) in [7, 11) is 0. The van der Waals surface area contributed by atoms with Crippen LogP contribution in [0.1, 0.15) is 23.7 Å². The van der Waals surface area contributed by atoms with E-state index in [9.17, 15) is 0 Å². The minimum Gasteiger partial charge on any atom is -0.364 e. The summed E-state index contributed by atoms with van der Waals surface area (Å²) in [5.41, 5.74) is 5.12. The number of anilines is 1. The monoisotopic (exact) mass is 267 g/mol. The molecule has 0 radical (unpaired) electrons. The van der Waals surface area contributed by atoms with E-state index in [1.54, 1.807) is 0 Å². The van der Waals surface area contributed by atoms with E-state index in [1.807, 2.05) is 12.3 Å². The highest BCUT2D eigenvalue weighted by molar-refractivity contribution is 5.55. The lowest BCUT2D eigenvalue weighted by Crippen LogP contribution is -2.36. The van der Waals surface area contributed by atoms with Crippen molar-refractivity contribution in [1.82, 2.24) is 10.3 Å². The topological polar surface area (TPSA) is 28.2 Å². The van der Waals surface area contributed by atoms with Crippen LogP contribution in [0.15, 0.2) is 42.6 Å². The predicted octanol–water partition coefficient (Wildman–Crippen LogP) is 2.89. The summed E-state index contributed by atoms with van der Waals surface area (Å²) in [5.74, 6) is 0. The number of rotatable bonds is 2. The SMILES string of the molecule is Cc1cccnc1CN1CC(C)NCc2ccccc21. The Kier molecular flexibility index (Phi) is 3.70. The van der Waals surface area contributed by atoms with Crippen molar-refractivity contribution in [2.75, 3.05) is 11.4 Å². The van der Waals surface area contributed by atoms with Crippen LogP contribution >= 0.6 is 0 Å². The van der Waals surface area contributed by atoms with Crippen molar-refractivity contribution in [2.45, 2.75) is 33.0 Å². The summed E-state index contributed by atoms with van der Waals surface area (Å²) < 4.78 is 0. The van der Waals surface area contributed by atoms with Gasteiger partial charge in [0.1, 0.15) is 0 Å². The second-order valence-corrected chi connectivity index (χ2v) is 5.56. The molecular formula is C17H21N3. The normalized spacial score (nSPS) is 18.5. The largest absolute Gasteiger partial charge is 0.364 e. The summed E-state index contributed by atoms with van der Waals surface area (Å²) in [6.45, 7) is 7.19. The molecule has 1 atom stereocenters. The first-order chi connectivity index (χ1) is 9.74. The van der Waals surface area contributed by atoms with Crippen LogP contribution in [-0.2, 0) is 13.1 Å². The van der Waals surface area contributed by atoms with Crippen molar-refractivity contribution in [3.8, 4) is 0 Å². The van der Waals surface area contributed by atoms with E-state index >= 15 is 0 Å². The maximum Gasteiger partial charge on any atom is 0.0626 e. The molecule has 3 heteroatoms. The van der Waals surface area contributed by atoms with Gasteiger partial charge in [-0.05, 0) is 37.1 Å². The van der Waals surface area contributed by atoms with Crippen molar-refractivity contribution in [2.24, 2.45) is 0 Å². The van der Waals surface area contributed by atoms with Gasteiger partial charge in [-0.15, -0.1) is 0 Å². The number of nitrogens with zero attached hydrogens (tertiary/aromatic N) is 2. The predicted molar refractivity (Wildman–Crippen MR) is 82.8 cm³/mol. The zero-order chi connectivity index (χ0) is 13.9. The molecule has 3 nitrogen and oxygen atoms in total. The van der Waals surface area contributed by atoms with Gasteiger partial charge in [0.15, 0.2) is 0 Å².